The molecule has 0 aliphatic carbocycles. The fourth-order valence-corrected chi connectivity index (χ4v) is 2.76. The number of carbonyl (C=O) groups is 1. The van der Waals surface area contributed by atoms with Crippen LogP contribution < -0.4 is 0 Å². The molecule has 0 unspecified atom stereocenters. The van der Waals surface area contributed by atoms with Crippen molar-refractivity contribution in [1.82, 2.24) is 4.90 Å². The van der Waals surface area contributed by atoms with E-state index in [0.29, 0.717) is 10.7 Å². The molecule has 0 bridgehead atoms. The molecule has 0 aromatic heterocycles. The summed E-state index contributed by atoms with van der Waals surface area (Å²) in [7, 11) is 0. The fourth-order valence-electron chi connectivity index (χ4n) is 1.59. The van der Waals surface area contributed by atoms with E-state index in [1.54, 1.807) is 29.7 Å². The summed E-state index contributed by atoms with van der Waals surface area (Å²) < 4.78 is 0. The highest BCUT2D eigenvalue weighted by Crippen LogP contribution is 2.27. The number of hydrogen-bond acceptors (Lipinski definition) is 3. The molecule has 1 amide bonds. The number of rotatable bonds is 1. The highest BCUT2D eigenvalue weighted by Gasteiger charge is 2.20. The molecule has 2 rings (SSSR count). The first kappa shape index (κ1) is 12.5. The van der Waals surface area contributed by atoms with Gasteiger partial charge in [0.05, 0.1) is 10.7 Å². The molecule has 0 N–H and O–H groups in total. The quantitative estimate of drug-likeness (QED) is 0.783. The maximum atomic E-state index is 11.5. The van der Waals surface area contributed by atoms with E-state index in [4.69, 9.17) is 11.6 Å². The van der Waals surface area contributed by atoms with Crippen LogP contribution in [0.4, 0.5) is 5.69 Å². The Labute approximate surface area is 110 Å². The number of thioether (sulfide) groups is 1. The molecule has 1 heterocycles. The Kier molecular flexibility index (Phi) is 4.07. The van der Waals surface area contributed by atoms with Gasteiger partial charge in [0.15, 0.2) is 5.17 Å². The Bertz CT molecular complexity index is 462. The Morgan fingerprint density at radius 3 is 2.94 bits per heavy atom. The molecule has 1 aromatic rings. The molecule has 1 aliphatic rings. The molecular formula is C12H13ClN2OS. The molecule has 1 aliphatic heterocycles. The van der Waals surface area contributed by atoms with Crippen molar-refractivity contribution in [3.05, 3.63) is 29.3 Å². The van der Waals surface area contributed by atoms with Crippen LogP contribution in [-0.2, 0) is 4.79 Å². The van der Waals surface area contributed by atoms with Gasteiger partial charge in [-0.15, -0.1) is 0 Å². The number of amides is 1. The second kappa shape index (κ2) is 5.56. The Balaban J connectivity index is 2.30. The van der Waals surface area contributed by atoms with E-state index in [9.17, 15) is 4.79 Å². The smallest absolute Gasteiger partial charge is 0.225 e. The van der Waals surface area contributed by atoms with Gasteiger partial charge in [-0.05, 0) is 18.6 Å². The van der Waals surface area contributed by atoms with Crippen molar-refractivity contribution < 1.29 is 4.79 Å². The maximum Gasteiger partial charge on any atom is 0.225 e. The van der Waals surface area contributed by atoms with Gasteiger partial charge in [-0.3, -0.25) is 9.69 Å². The minimum absolute atomic E-state index is 0.0306. The van der Waals surface area contributed by atoms with Gasteiger partial charge in [-0.1, -0.05) is 35.5 Å². The SMILES string of the molecule is CC(=O)N1CCCSC1=Nc1ccccc1Cl. The highest BCUT2D eigenvalue weighted by atomic mass is 35.5. The second-order valence-electron chi connectivity index (χ2n) is 3.72. The van der Waals surface area contributed by atoms with E-state index in [1.165, 1.54) is 0 Å². The van der Waals surface area contributed by atoms with Gasteiger partial charge in [0.1, 0.15) is 0 Å². The summed E-state index contributed by atoms with van der Waals surface area (Å²) in [6, 6.07) is 7.40. The lowest BCUT2D eigenvalue weighted by molar-refractivity contribution is -0.125. The molecule has 17 heavy (non-hydrogen) atoms. The zero-order valence-electron chi connectivity index (χ0n) is 9.52. The average Bonchev–Trinajstić information content (AvgIpc) is 2.32. The molecule has 1 saturated heterocycles. The zero-order valence-corrected chi connectivity index (χ0v) is 11.1. The number of amidine groups is 1. The van der Waals surface area contributed by atoms with Gasteiger partial charge in [0.25, 0.3) is 0 Å². The van der Waals surface area contributed by atoms with Crippen LogP contribution in [0.3, 0.4) is 0 Å². The molecule has 1 fully saturated rings. The minimum atomic E-state index is 0.0306. The summed E-state index contributed by atoms with van der Waals surface area (Å²) in [4.78, 5) is 17.7. The number of aliphatic imine (C=N–C) groups is 1. The lowest BCUT2D eigenvalue weighted by atomic mass is 10.3. The molecule has 0 radical (unpaired) electrons. The molecule has 3 nitrogen and oxygen atoms in total. The van der Waals surface area contributed by atoms with Gasteiger partial charge in [0.2, 0.25) is 5.91 Å². The van der Waals surface area contributed by atoms with Crippen LogP contribution in [0.15, 0.2) is 29.3 Å². The monoisotopic (exact) mass is 268 g/mol. The van der Waals surface area contributed by atoms with E-state index in [0.717, 1.165) is 23.9 Å². The van der Waals surface area contributed by atoms with E-state index in [1.807, 2.05) is 18.2 Å². The summed E-state index contributed by atoms with van der Waals surface area (Å²) in [5, 5.41) is 1.35. The Morgan fingerprint density at radius 2 is 2.24 bits per heavy atom. The van der Waals surface area contributed by atoms with Crippen LogP contribution in [0, 0.1) is 0 Å². The van der Waals surface area contributed by atoms with Crippen molar-refractivity contribution in [2.45, 2.75) is 13.3 Å². The van der Waals surface area contributed by atoms with Crippen molar-refractivity contribution in [2.24, 2.45) is 4.99 Å². The molecule has 1 aromatic carbocycles. The maximum absolute atomic E-state index is 11.5. The molecule has 5 heteroatoms. The van der Waals surface area contributed by atoms with Crippen LogP contribution in [-0.4, -0.2) is 28.3 Å². The predicted octanol–water partition coefficient (Wildman–Crippen LogP) is 3.31. The summed E-state index contributed by atoms with van der Waals surface area (Å²) in [6.45, 7) is 2.31. The molecule has 0 saturated carbocycles. The topological polar surface area (TPSA) is 32.7 Å². The second-order valence-corrected chi connectivity index (χ2v) is 5.19. The Hall–Kier alpha value is -1.00. The van der Waals surface area contributed by atoms with Gasteiger partial charge in [-0.25, -0.2) is 4.99 Å². The third kappa shape index (κ3) is 3.01. The number of benzene rings is 1. The van der Waals surface area contributed by atoms with Crippen LogP contribution in [0.25, 0.3) is 0 Å². The van der Waals surface area contributed by atoms with E-state index in [-0.39, 0.29) is 5.91 Å². The van der Waals surface area contributed by atoms with Crippen molar-refractivity contribution in [3.8, 4) is 0 Å². The van der Waals surface area contributed by atoms with Crippen molar-refractivity contribution in [2.75, 3.05) is 12.3 Å². The zero-order chi connectivity index (χ0) is 12.3. The first-order valence-electron chi connectivity index (χ1n) is 5.42. The highest BCUT2D eigenvalue weighted by molar-refractivity contribution is 8.13. The third-order valence-electron chi connectivity index (χ3n) is 2.44. The lowest BCUT2D eigenvalue weighted by Gasteiger charge is -2.26. The normalized spacial score (nSPS) is 18.5. The van der Waals surface area contributed by atoms with Crippen LogP contribution >= 0.6 is 23.4 Å². The molecular weight excluding hydrogens is 256 g/mol. The number of hydrogen-bond donors (Lipinski definition) is 0. The van der Waals surface area contributed by atoms with Crippen LogP contribution in [0.5, 0.6) is 0 Å². The van der Waals surface area contributed by atoms with Gasteiger partial charge in [-0.2, -0.15) is 0 Å². The molecule has 0 spiro atoms. The number of nitrogens with zero attached hydrogens (tertiary/aromatic N) is 2. The van der Waals surface area contributed by atoms with E-state index in [2.05, 4.69) is 4.99 Å². The summed E-state index contributed by atoms with van der Waals surface area (Å²) in [5.41, 5.74) is 0.713. The number of para-hydroxylation sites is 1. The standard InChI is InChI=1S/C12H13ClN2OS/c1-9(16)15-7-4-8-17-12(15)14-11-6-3-2-5-10(11)13/h2-3,5-6H,4,7-8H2,1H3. The largest absolute Gasteiger partial charge is 0.292 e. The van der Waals surface area contributed by atoms with Gasteiger partial charge < -0.3 is 0 Å². The summed E-state index contributed by atoms with van der Waals surface area (Å²) >= 11 is 7.65. The fraction of sp³-hybridized carbons (Fsp3) is 0.333. The van der Waals surface area contributed by atoms with E-state index < -0.39 is 0 Å². The molecule has 90 valence electrons. The Morgan fingerprint density at radius 1 is 1.47 bits per heavy atom. The van der Waals surface area contributed by atoms with Crippen molar-refractivity contribution in [3.63, 3.8) is 0 Å². The number of carbonyl (C=O) groups excluding carboxylic acids is 1. The van der Waals surface area contributed by atoms with Gasteiger partial charge in [0, 0.05) is 19.2 Å². The summed E-state index contributed by atoms with van der Waals surface area (Å²) in [6.07, 6.45) is 1.01. The molecule has 0 atom stereocenters. The number of halogens is 1. The average molecular weight is 269 g/mol. The van der Waals surface area contributed by atoms with Crippen molar-refractivity contribution >= 4 is 40.1 Å². The first-order chi connectivity index (χ1) is 8.18. The van der Waals surface area contributed by atoms with Crippen LogP contribution in [0.1, 0.15) is 13.3 Å². The minimum Gasteiger partial charge on any atom is -0.292 e. The first-order valence-corrected chi connectivity index (χ1v) is 6.79. The lowest BCUT2D eigenvalue weighted by Crippen LogP contribution is -2.37. The predicted molar refractivity (Wildman–Crippen MR) is 73.0 cm³/mol. The van der Waals surface area contributed by atoms with Crippen molar-refractivity contribution in [1.29, 1.82) is 0 Å². The van der Waals surface area contributed by atoms with Gasteiger partial charge >= 0.3 is 0 Å². The third-order valence-corrected chi connectivity index (χ3v) is 3.82. The van der Waals surface area contributed by atoms with E-state index >= 15 is 0 Å². The van der Waals surface area contributed by atoms with Crippen LogP contribution in [0.2, 0.25) is 5.02 Å². The summed E-state index contributed by atoms with van der Waals surface area (Å²) in [5.74, 6) is 1.02.